The van der Waals surface area contributed by atoms with E-state index in [2.05, 4.69) is 22.5 Å². The standard InChI is InChI=1S/C39H46N6O8/c1-4-6-10-16-44-21-40-27-14-11-15-28-32(27)34(44)24-19-45-30(33(24)42-28)17-26-25(36(45)48)20-52-38(51)39(26,5-2)53-31(46)18-29(37(49)50)43-35(47)22(3)41-23-12-8-7-9-13-23/h11,14-15,17,21-23,29,41H,4-10,12-13,16,18-20H2,1-3H3,(H,43,47)(H,49,50)/t22?,29-,39+/m1/s1. The van der Waals surface area contributed by atoms with Gasteiger partial charge in [-0.15, -0.1) is 0 Å². The van der Waals surface area contributed by atoms with Gasteiger partial charge >= 0.3 is 17.9 Å². The van der Waals surface area contributed by atoms with Gasteiger partial charge in [0.2, 0.25) is 11.5 Å². The molecule has 1 saturated carbocycles. The molecular formula is C39H46N6O8. The van der Waals surface area contributed by atoms with Crippen LogP contribution in [0.3, 0.4) is 0 Å². The van der Waals surface area contributed by atoms with Crippen LogP contribution in [0.1, 0.15) is 102 Å². The lowest BCUT2D eigenvalue weighted by Crippen LogP contribution is -2.53. The minimum atomic E-state index is -2.03. The number of carbonyl (C=O) groups excluding carboxylic acids is 3. The molecule has 3 atom stereocenters. The van der Waals surface area contributed by atoms with E-state index in [1.165, 1.54) is 0 Å². The van der Waals surface area contributed by atoms with Gasteiger partial charge in [0.15, 0.2) is 0 Å². The molecule has 3 aliphatic heterocycles. The van der Waals surface area contributed by atoms with Gasteiger partial charge in [0.05, 0.1) is 64.6 Å². The SMILES string of the molecule is CCCCCN1C=Nc2cccc3nc4c(c1c23)Cn1c-4cc2c(c1=O)COC(=O)[C@@]2(CC)OC(=O)C[C@@H](NC(=O)C(C)NC1CCCCC1)C(=O)O. The summed E-state index contributed by atoms with van der Waals surface area (Å²) in [6.07, 6.45) is 9.20. The number of pyridine rings is 2. The highest BCUT2D eigenvalue weighted by atomic mass is 16.6. The number of amides is 1. The monoisotopic (exact) mass is 726 g/mol. The molecule has 1 unspecified atom stereocenters. The Kier molecular flexibility index (Phi) is 10.1. The predicted octanol–water partition coefficient (Wildman–Crippen LogP) is 4.57. The first-order valence-corrected chi connectivity index (χ1v) is 18.8. The summed E-state index contributed by atoms with van der Waals surface area (Å²) >= 11 is 0. The predicted molar refractivity (Wildman–Crippen MR) is 197 cm³/mol. The fourth-order valence-corrected chi connectivity index (χ4v) is 8.16. The highest BCUT2D eigenvalue weighted by Gasteiger charge is 2.51. The maximum absolute atomic E-state index is 14.3. The van der Waals surface area contributed by atoms with Crippen molar-refractivity contribution in [2.45, 2.75) is 122 Å². The molecule has 280 valence electrons. The van der Waals surface area contributed by atoms with Crippen molar-refractivity contribution in [3.05, 3.63) is 51.3 Å². The van der Waals surface area contributed by atoms with E-state index in [0.717, 1.165) is 80.2 Å². The summed E-state index contributed by atoms with van der Waals surface area (Å²) in [5, 5.41) is 16.6. The number of benzene rings is 1. The second kappa shape index (κ2) is 14.7. The van der Waals surface area contributed by atoms with Crippen LogP contribution in [0.5, 0.6) is 0 Å². The summed E-state index contributed by atoms with van der Waals surface area (Å²) in [5.74, 6) is -3.90. The Morgan fingerprint density at radius 3 is 2.64 bits per heavy atom. The summed E-state index contributed by atoms with van der Waals surface area (Å²) in [6, 6.07) is 5.28. The number of anilines is 1. The van der Waals surface area contributed by atoms with E-state index in [1.807, 2.05) is 24.5 Å². The molecule has 53 heavy (non-hydrogen) atoms. The van der Waals surface area contributed by atoms with Gasteiger partial charge in [0.1, 0.15) is 12.6 Å². The van der Waals surface area contributed by atoms with E-state index in [9.17, 15) is 29.1 Å². The molecule has 4 aliphatic rings. The molecule has 1 aromatic carbocycles. The number of aliphatic carboxylic acids is 1. The molecule has 7 rings (SSSR count). The third-order valence-corrected chi connectivity index (χ3v) is 11.0. The van der Waals surface area contributed by atoms with Crippen LogP contribution in [-0.4, -0.2) is 69.5 Å². The Hall–Kier alpha value is -5.11. The fourth-order valence-electron chi connectivity index (χ4n) is 8.16. The van der Waals surface area contributed by atoms with Gasteiger partial charge < -0.3 is 34.7 Å². The number of carbonyl (C=O) groups is 4. The number of esters is 2. The minimum absolute atomic E-state index is 0.0891. The zero-order valence-electron chi connectivity index (χ0n) is 30.4. The lowest BCUT2D eigenvalue weighted by atomic mass is 9.85. The zero-order valence-corrected chi connectivity index (χ0v) is 30.4. The highest BCUT2D eigenvalue weighted by Crippen LogP contribution is 2.47. The van der Waals surface area contributed by atoms with Crippen molar-refractivity contribution in [3.63, 3.8) is 0 Å². The van der Waals surface area contributed by atoms with Crippen molar-refractivity contribution in [3.8, 4) is 11.4 Å². The van der Waals surface area contributed by atoms with Gasteiger partial charge in [-0.3, -0.25) is 14.4 Å². The zero-order chi connectivity index (χ0) is 37.4. The molecule has 0 spiro atoms. The topological polar surface area (TPSA) is 182 Å². The van der Waals surface area contributed by atoms with Crippen LogP contribution >= 0.6 is 0 Å². The largest absolute Gasteiger partial charge is 0.480 e. The first-order chi connectivity index (χ1) is 25.6. The Morgan fingerprint density at radius 1 is 1.11 bits per heavy atom. The maximum atomic E-state index is 14.3. The maximum Gasteiger partial charge on any atom is 0.355 e. The molecular weight excluding hydrogens is 680 g/mol. The molecule has 5 heterocycles. The van der Waals surface area contributed by atoms with Gasteiger partial charge in [0.25, 0.3) is 5.56 Å². The average molecular weight is 727 g/mol. The Balaban J connectivity index is 1.20. The van der Waals surface area contributed by atoms with E-state index in [0.29, 0.717) is 16.9 Å². The molecule has 2 aromatic heterocycles. The number of fused-ring (bicyclic) bond motifs is 5. The molecule has 1 amide bonds. The molecule has 3 N–H and O–H groups in total. The number of carboxylic acids is 1. The van der Waals surface area contributed by atoms with Crippen LogP contribution < -0.4 is 21.1 Å². The number of rotatable bonds is 13. The summed E-state index contributed by atoms with van der Waals surface area (Å²) in [5.41, 5.74) is 2.29. The fraction of sp³-hybridized carbons (Fsp3) is 0.513. The number of carboxylic acid groups (broad SMARTS) is 1. The molecule has 14 heteroatoms. The molecule has 0 bridgehead atoms. The summed E-state index contributed by atoms with van der Waals surface area (Å²) in [7, 11) is 0. The van der Waals surface area contributed by atoms with Crippen LogP contribution in [-0.2, 0) is 47.4 Å². The van der Waals surface area contributed by atoms with E-state index in [1.54, 1.807) is 24.5 Å². The highest BCUT2D eigenvalue weighted by molar-refractivity contribution is 6.11. The van der Waals surface area contributed by atoms with Crippen molar-refractivity contribution in [2.24, 2.45) is 4.99 Å². The van der Waals surface area contributed by atoms with Gasteiger partial charge in [-0.05, 0) is 50.8 Å². The second-order valence-electron chi connectivity index (χ2n) is 14.5. The summed E-state index contributed by atoms with van der Waals surface area (Å²) in [6.45, 7) is 6.09. The van der Waals surface area contributed by atoms with Crippen LogP contribution in [0.15, 0.2) is 34.1 Å². The van der Waals surface area contributed by atoms with E-state index < -0.39 is 53.5 Å². The van der Waals surface area contributed by atoms with Crippen molar-refractivity contribution in [2.75, 3.05) is 11.4 Å². The van der Waals surface area contributed by atoms with Gasteiger partial charge in [-0.2, -0.15) is 0 Å². The van der Waals surface area contributed by atoms with Gasteiger partial charge in [0, 0.05) is 23.7 Å². The smallest absolute Gasteiger partial charge is 0.355 e. The normalized spacial score (nSPS) is 19.9. The number of ether oxygens (including phenoxy) is 2. The molecule has 3 aromatic rings. The number of hydrogen-bond acceptors (Lipinski definition) is 11. The molecule has 0 radical (unpaired) electrons. The van der Waals surface area contributed by atoms with E-state index >= 15 is 0 Å². The summed E-state index contributed by atoms with van der Waals surface area (Å²) in [4.78, 5) is 78.6. The number of aromatic nitrogens is 2. The van der Waals surface area contributed by atoms with Crippen LogP contribution in [0.4, 0.5) is 11.4 Å². The molecule has 14 nitrogen and oxygen atoms in total. The van der Waals surface area contributed by atoms with Crippen molar-refractivity contribution in [1.29, 1.82) is 0 Å². The van der Waals surface area contributed by atoms with Gasteiger partial charge in [-0.25, -0.2) is 19.6 Å². The average Bonchev–Trinajstić information content (AvgIpc) is 3.52. The third-order valence-electron chi connectivity index (χ3n) is 11.0. The Bertz CT molecular complexity index is 2070. The lowest BCUT2D eigenvalue weighted by Gasteiger charge is -2.36. The Labute approximate surface area is 307 Å². The third kappa shape index (κ3) is 6.57. The Morgan fingerprint density at radius 2 is 1.91 bits per heavy atom. The summed E-state index contributed by atoms with van der Waals surface area (Å²) < 4.78 is 13.0. The van der Waals surface area contributed by atoms with E-state index in [-0.39, 0.29) is 36.7 Å². The molecule has 0 saturated heterocycles. The number of aliphatic imine (C=N–C) groups is 1. The lowest BCUT2D eigenvalue weighted by molar-refractivity contribution is -0.190. The van der Waals surface area contributed by atoms with Gasteiger partial charge in [-0.1, -0.05) is 52.0 Å². The second-order valence-corrected chi connectivity index (χ2v) is 14.5. The first-order valence-electron chi connectivity index (χ1n) is 18.8. The van der Waals surface area contributed by atoms with Crippen molar-refractivity contribution >= 4 is 52.4 Å². The van der Waals surface area contributed by atoms with Crippen LogP contribution in [0, 0.1) is 0 Å². The number of unbranched alkanes of at least 4 members (excludes halogenated alkanes) is 2. The van der Waals surface area contributed by atoms with Crippen molar-refractivity contribution < 1.29 is 33.8 Å². The van der Waals surface area contributed by atoms with E-state index in [4.69, 9.17) is 19.5 Å². The van der Waals surface area contributed by atoms with Crippen LogP contribution in [0.25, 0.3) is 22.3 Å². The number of hydrogen-bond donors (Lipinski definition) is 3. The first kappa shape index (κ1) is 36.3. The van der Waals surface area contributed by atoms with Crippen LogP contribution in [0.2, 0.25) is 0 Å². The molecule has 1 fully saturated rings. The quantitative estimate of drug-likeness (QED) is 0.130. The number of cyclic esters (lactones) is 1. The van der Waals surface area contributed by atoms with Crippen molar-refractivity contribution in [1.82, 2.24) is 20.2 Å². The molecule has 1 aliphatic carbocycles. The number of nitrogens with zero attached hydrogens (tertiary/aromatic N) is 4. The number of nitrogens with one attached hydrogen (secondary N) is 2. The minimum Gasteiger partial charge on any atom is -0.480 e.